The van der Waals surface area contributed by atoms with E-state index in [1.165, 1.54) is 0 Å². The first kappa shape index (κ1) is 19.4. The number of rotatable bonds is 7. The minimum atomic E-state index is -0.00236. The Balaban J connectivity index is 1.78. The van der Waals surface area contributed by atoms with Gasteiger partial charge in [0.05, 0.1) is 0 Å². The number of anilines is 1. The lowest BCUT2D eigenvalue weighted by Crippen LogP contribution is -2.36. The molecule has 25 heavy (non-hydrogen) atoms. The van der Waals surface area contributed by atoms with Gasteiger partial charge in [-0.3, -0.25) is 9.59 Å². The summed E-state index contributed by atoms with van der Waals surface area (Å²) in [7, 11) is 1.66. The molecule has 1 fully saturated rings. The number of methoxy groups -OCH3 is 1. The van der Waals surface area contributed by atoms with Crippen LogP contribution in [-0.4, -0.2) is 32.1 Å². The van der Waals surface area contributed by atoms with Crippen LogP contribution in [0.15, 0.2) is 18.2 Å². The zero-order valence-electron chi connectivity index (χ0n) is 15.6. The van der Waals surface area contributed by atoms with E-state index < -0.39 is 0 Å². The largest absolute Gasteiger partial charge is 0.385 e. The summed E-state index contributed by atoms with van der Waals surface area (Å²) in [5.74, 6) is 0.224. The van der Waals surface area contributed by atoms with Crippen molar-refractivity contribution in [3.63, 3.8) is 0 Å². The van der Waals surface area contributed by atoms with Gasteiger partial charge < -0.3 is 15.4 Å². The molecule has 0 spiro atoms. The Morgan fingerprint density at radius 2 is 1.72 bits per heavy atom. The first-order valence-electron chi connectivity index (χ1n) is 9.16. The summed E-state index contributed by atoms with van der Waals surface area (Å²) in [6, 6.07) is 6.07. The number of carbonyl (C=O) groups is 2. The second-order valence-electron chi connectivity index (χ2n) is 6.99. The van der Waals surface area contributed by atoms with Crippen LogP contribution in [0.4, 0.5) is 5.69 Å². The van der Waals surface area contributed by atoms with Gasteiger partial charge in [0, 0.05) is 37.8 Å². The second-order valence-corrected chi connectivity index (χ2v) is 6.99. The molecule has 138 valence electrons. The molecule has 1 aromatic rings. The van der Waals surface area contributed by atoms with Gasteiger partial charge in [0.1, 0.15) is 0 Å². The summed E-state index contributed by atoms with van der Waals surface area (Å²) in [6.07, 6.45) is 3.93. The van der Waals surface area contributed by atoms with Gasteiger partial charge in [-0.2, -0.15) is 0 Å². The topological polar surface area (TPSA) is 67.4 Å². The normalized spacial score (nSPS) is 20.1. The maximum absolute atomic E-state index is 12.5. The number of nitrogens with one attached hydrogen (secondary N) is 2. The first-order chi connectivity index (χ1) is 12.0. The van der Waals surface area contributed by atoms with Crippen LogP contribution in [0.5, 0.6) is 0 Å². The maximum Gasteiger partial charge on any atom is 0.227 e. The molecular weight excluding hydrogens is 316 g/mol. The van der Waals surface area contributed by atoms with Crippen molar-refractivity contribution in [3.8, 4) is 0 Å². The van der Waals surface area contributed by atoms with Crippen LogP contribution in [0, 0.1) is 25.7 Å². The Hall–Kier alpha value is -1.88. The first-order valence-corrected chi connectivity index (χ1v) is 9.16. The van der Waals surface area contributed by atoms with Crippen molar-refractivity contribution in [3.05, 3.63) is 29.3 Å². The predicted molar refractivity (Wildman–Crippen MR) is 99.5 cm³/mol. The van der Waals surface area contributed by atoms with Crippen LogP contribution < -0.4 is 10.6 Å². The van der Waals surface area contributed by atoms with E-state index in [1.54, 1.807) is 7.11 Å². The monoisotopic (exact) mass is 346 g/mol. The standard InChI is InChI=1S/C20H30N2O3/c1-14-5-6-15(2)18(13-14)22-20(24)17-9-7-16(8-10-17)19(23)21-11-4-12-25-3/h5-6,13,16-17H,4,7-12H2,1-3H3,(H,21,23)(H,22,24). The fourth-order valence-corrected chi connectivity index (χ4v) is 3.30. The van der Waals surface area contributed by atoms with Crippen molar-refractivity contribution in [2.75, 3.05) is 25.6 Å². The minimum absolute atomic E-state index is 0.00236. The summed E-state index contributed by atoms with van der Waals surface area (Å²) in [6.45, 7) is 5.33. The molecule has 0 radical (unpaired) electrons. The molecular formula is C20H30N2O3. The van der Waals surface area contributed by atoms with E-state index in [0.29, 0.717) is 13.2 Å². The Morgan fingerprint density at radius 1 is 1.08 bits per heavy atom. The predicted octanol–water partition coefficient (Wildman–Crippen LogP) is 3.20. The zero-order valence-corrected chi connectivity index (χ0v) is 15.6. The van der Waals surface area contributed by atoms with Crippen molar-refractivity contribution in [2.45, 2.75) is 46.0 Å². The highest BCUT2D eigenvalue weighted by Gasteiger charge is 2.29. The van der Waals surface area contributed by atoms with Gasteiger partial charge in [0.15, 0.2) is 0 Å². The Kier molecular flexibility index (Phi) is 7.44. The van der Waals surface area contributed by atoms with Crippen LogP contribution >= 0.6 is 0 Å². The number of aryl methyl sites for hydroxylation is 2. The lowest BCUT2D eigenvalue weighted by molar-refractivity contribution is -0.128. The van der Waals surface area contributed by atoms with Crippen LogP contribution in [-0.2, 0) is 14.3 Å². The maximum atomic E-state index is 12.5. The summed E-state index contributed by atoms with van der Waals surface area (Å²) in [4.78, 5) is 24.7. The van der Waals surface area contributed by atoms with Gasteiger partial charge in [-0.15, -0.1) is 0 Å². The fraction of sp³-hybridized carbons (Fsp3) is 0.600. The molecule has 2 amide bonds. The van der Waals surface area contributed by atoms with Gasteiger partial charge >= 0.3 is 0 Å². The minimum Gasteiger partial charge on any atom is -0.385 e. The molecule has 0 aromatic heterocycles. The molecule has 1 aliphatic rings. The highest BCUT2D eigenvalue weighted by molar-refractivity contribution is 5.93. The molecule has 0 aliphatic heterocycles. The molecule has 0 heterocycles. The van der Waals surface area contributed by atoms with E-state index >= 15 is 0 Å². The molecule has 5 heteroatoms. The molecule has 0 saturated heterocycles. The van der Waals surface area contributed by atoms with Crippen LogP contribution in [0.1, 0.15) is 43.2 Å². The number of ether oxygens (including phenoxy) is 1. The molecule has 2 N–H and O–H groups in total. The van der Waals surface area contributed by atoms with E-state index in [1.807, 2.05) is 32.0 Å². The van der Waals surface area contributed by atoms with Gasteiger partial charge in [-0.1, -0.05) is 12.1 Å². The van der Waals surface area contributed by atoms with Crippen LogP contribution in [0.2, 0.25) is 0 Å². The summed E-state index contributed by atoms with van der Waals surface area (Å²) in [5.41, 5.74) is 3.10. The van der Waals surface area contributed by atoms with Crippen LogP contribution in [0.3, 0.4) is 0 Å². The Morgan fingerprint density at radius 3 is 2.36 bits per heavy atom. The molecule has 0 bridgehead atoms. The molecule has 0 atom stereocenters. The number of hydrogen-bond donors (Lipinski definition) is 2. The average Bonchev–Trinajstić information content (AvgIpc) is 2.61. The van der Waals surface area contributed by atoms with E-state index in [4.69, 9.17) is 4.74 Å². The number of amides is 2. The van der Waals surface area contributed by atoms with Gasteiger partial charge in [-0.25, -0.2) is 0 Å². The highest BCUT2D eigenvalue weighted by Crippen LogP contribution is 2.30. The highest BCUT2D eigenvalue weighted by atomic mass is 16.5. The smallest absolute Gasteiger partial charge is 0.227 e. The SMILES string of the molecule is COCCCNC(=O)C1CCC(C(=O)Nc2cc(C)ccc2C)CC1. The van der Waals surface area contributed by atoms with Crippen molar-refractivity contribution in [1.82, 2.24) is 5.32 Å². The molecule has 1 saturated carbocycles. The zero-order chi connectivity index (χ0) is 18.2. The third-order valence-electron chi connectivity index (χ3n) is 4.94. The number of benzene rings is 1. The molecule has 5 nitrogen and oxygen atoms in total. The average molecular weight is 346 g/mol. The lowest BCUT2D eigenvalue weighted by atomic mass is 9.81. The summed E-state index contributed by atoms with van der Waals surface area (Å²) in [5, 5.41) is 6.03. The molecule has 1 aliphatic carbocycles. The van der Waals surface area contributed by atoms with Gasteiger partial charge in [0.2, 0.25) is 11.8 Å². The van der Waals surface area contributed by atoms with E-state index in [9.17, 15) is 9.59 Å². The Labute approximate surface area is 150 Å². The lowest BCUT2D eigenvalue weighted by Gasteiger charge is -2.27. The van der Waals surface area contributed by atoms with Gasteiger partial charge in [0.25, 0.3) is 0 Å². The van der Waals surface area contributed by atoms with Gasteiger partial charge in [-0.05, 0) is 63.1 Å². The van der Waals surface area contributed by atoms with E-state index in [-0.39, 0.29) is 23.7 Å². The van der Waals surface area contributed by atoms with E-state index in [0.717, 1.165) is 48.9 Å². The summed E-state index contributed by atoms with van der Waals surface area (Å²) >= 11 is 0. The number of hydrogen-bond acceptors (Lipinski definition) is 3. The third kappa shape index (κ3) is 5.85. The summed E-state index contributed by atoms with van der Waals surface area (Å²) < 4.78 is 4.98. The Bertz CT molecular complexity index is 593. The van der Waals surface area contributed by atoms with Crippen molar-refractivity contribution in [2.24, 2.45) is 11.8 Å². The third-order valence-corrected chi connectivity index (χ3v) is 4.94. The molecule has 1 aromatic carbocycles. The number of carbonyl (C=O) groups excluding carboxylic acids is 2. The van der Waals surface area contributed by atoms with E-state index in [2.05, 4.69) is 10.6 Å². The molecule has 2 rings (SSSR count). The van der Waals surface area contributed by atoms with Crippen molar-refractivity contribution in [1.29, 1.82) is 0 Å². The molecule has 0 unspecified atom stereocenters. The fourth-order valence-electron chi connectivity index (χ4n) is 3.30. The van der Waals surface area contributed by atoms with Crippen LogP contribution in [0.25, 0.3) is 0 Å². The second kappa shape index (κ2) is 9.56. The van der Waals surface area contributed by atoms with Crippen molar-refractivity contribution >= 4 is 17.5 Å². The quantitative estimate of drug-likeness (QED) is 0.745. The van der Waals surface area contributed by atoms with Crippen molar-refractivity contribution < 1.29 is 14.3 Å².